The number of hydrogen-bond donors (Lipinski definition) is 3. The van der Waals surface area contributed by atoms with Gasteiger partial charge in [0.05, 0.1) is 17.2 Å². The summed E-state index contributed by atoms with van der Waals surface area (Å²) < 4.78 is 4.90. The number of benzene rings is 2. The molecule has 0 aliphatic heterocycles. The van der Waals surface area contributed by atoms with Crippen LogP contribution in [0.25, 0.3) is 33.1 Å². The number of aromatic nitrogens is 3. The second-order valence-electron chi connectivity index (χ2n) is 6.47. The molecule has 0 aliphatic rings. The van der Waals surface area contributed by atoms with Crippen molar-refractivity contribution in [1.82, 2.24) is 15.1 Å². The maximum atomic E-state index is 13.0. The third-order valence-corrected chi connectivity index (χ3v) is 4.92. The van der Waals surface area contributed by atoms with Gasteiger partial charge in [-0.25, -0.2) is 0 Å². The van der Waals surface area contributed by atoms with Gasteiger partial charge in [0.25, 0.3) is 11.5 Å². The molecule has 0 spiro atoms. The lowest BCUT2D eigenvalue weighted by atomic mass is 10.0. The van der Waals surface area contributed by atoms with E-state index in [-0.39, 0.29) is 11.4 Å². The van der Waals surface area contributed by atoms with Crippen LogP contribution in [0.2, 0.25) is 5.02 Å². The van der Waals surface area contributed by atoms with E-state index >= 15 is 0 Å². The van der Waals surface area contributed by atoms with Crippen molar-refractivity contribution in [2.75, 3.05) is 5.32 Å². The zero-order chi connectivity index (χ0) is 20.0. The molecule has 3 N–H and O–H groups in total. The van der Waals surface area contributed by atoms with Crippen LogP contribution >= 0.6 is 11.6 Å². The molecule has 0 bridgehead atoms. The normalized spacial score (nSPS) is 11.2. The largest absolute Gasteiger partial charge is 0.353 e. The third kappa shape index (κ3) is 2.88. The number of nitrogens with one attached hydrogen (secondary N) is 3. The molecule has 0 saturated carbocycles. The molecule has 1 amide bonds. The Morgan fingerprint density at radius 1 is 1.03 bits per heavy atom. The molecule has 0 radical (unpaired) electrons. The van der Waals surface area contributed by atoms with Gasteiger partial charge in [0.1, 0.15) is 5.69 Å². The molecule has 3 aromatic heterocycles. The molecular formula is C21H13ClN4O3. The van der Waals surface area contributed by atoms with Gasteiger partial charge >= 0.3 is 0 Å². The van der Waals surface area contributed by atoms with E-state index in [9.17, 15) is 9.59 Å². The molecule has 5 rings (SSSR count). The molecule has 0 atom stereocenters. The van der Waals surface area contributed by atoms with E-state index in [1.165, 1.54) is 12.3 Å². The zero-order valence-corrected chi connectivity index (χ0v) is 15.6. The van der Waals surface area contributed by atoms with Gasteiger partial charge in [-0.15, -0.1) is 0 Å². The van der Waals surface area contributed by atoms with Crippen LogP contribution in [0.15, 0.2) is 70.1 Å². The fraction of sp³-hybridized carbons (Fsp3) is 0. The number of H-pyrrole nitrogens is 2. The van der Waals surface area contributed by atoms with Crippen molar-refractivity contribution in [1.29, 1.82) is 0 Å². The van der Waals surface area contributed by atoms with E-state index in [0.29, 0.717) is 21.6 Å². The van der Waals surface area contributed by atoms with Crippen molar-refractivity contribution in [3.63, 3.8) is 0 Å². The molecule has 0 fully saturated rings. The smallest absolute Gasteiger partial charge is 0.294 e. The van der Waals surface area contributed by atoms with Crippen molar-refractivity contribution in [3.05, 3.63) is 81.9 Å². The number of pyridine rings is 1. The Kier molecular flexibility index (Phi) is 3.96. The Balaban J connectivity index is 1.82. The number of hydrogen-bond acceptors (Lipinski definition) is 4. The third-order valence-electron chi connectivity index (χ3n) is 4.69. The molecule has 29 heavy (non-hydrogen) atoms. The molecular weight excluding hydrogens is 392 g/mol. The van der Waals surface area contributed by atoms with Crippen molar-refractivity contribution < 1.29 is 9.32 Å². The Bertz CT molecular complexity index is 1420. The quantitative estimate of drug-likeness (QED) is 0.409. The number of halogens is 1. The number of carbonyl (C=O) groups is 1. The Labute approximate surface area is 168 Å². The summed E-state index contributed by atoms with van der Waals surface area (Å²) in [6, 6.07) is 16.2. The molecule has 8 heteroatoms. The van der Waals surface area contributed by atoms with Crippen LogP contribution in [0.5, 0.6) is 0 Å². The van der Waals surface area contributed by atoms with Crippen molar-refractivity contribution in [2.45, 2.75) is 0 Å². The molecule has 0 aliphatic carbocycles. The lowest BCUT2D eigenvalue weighted by Gasteiger charge is -2.11. The lowest BCUT2D eigenvalue weighted by molar-refractivity contribution is 0.0988. The standard InChI is InChI=1S/C21H13ClN4O3/c22-12-6-7-14-13(10-12)17-18(24-14)16(11-4-2-1-3-5-11)19(21(28)25-17)26-20(27)15-8-9-23-29-15/h1-10,24H,(H,25,28)(H,26,27). The van der Waals surface area contributed by atoms with Crippen LogP contribution in [-0.4, -0.2) is 21.0 Å². The summed E-state index contributed by atoms with van der Waals surface area (Å²) in [6.07, 6.45) is 1.36. The van der Waals surface area contributed by atoms with Crippen molar-refractivity contribution in [3.8, 4) is 11.1 Å². The first-order chi connectivity index (χ1) is 14.1. The number of nitrogens with zero attached hydrogens (tertiary/aromatic N) is 1. The minimum absolute atomic E-state index is 0.00642. The molecule has 0 unspecified atom stereocenters. The molecule has 3 heterocycles. The molecule has 7 nitrogen and oxygen atoms in total. The van der Waals surface area contributed by atoms with Gasteiger partial charge in [0, 0.05) is 27.6 Å². The van der Waals surface area contributed by atoms with E-state index in [1.807, 2.05) is 36.4 Å². The van der Waals surface area contributed by atoms with Crippen LogP contribution < -0.4 is 10.9 Å². The zero-order valence-electron chi connectivity index (χ0n) is 14.8. The van der Waals surface area contributed by atoms with Crippen LogP contribution in [0, 0.1) is 0 Å². The van der Waals surface area contributed by atoms with Gasteiger partial charge in [-0.1, -0.05) is 47.1 Å². The molecule has 2 aromatic carbocycles. The predicted octanol–water partition coefficient (Wildman–Crippen LogP) is 4.57. The Morgan fingerprint density at radius 2 is 1.86 bits per heavy atom. The summed E-state index contributed by atoms with van der Waals surface area (Å²) in [7, 11) is 0. The van der Waals surface area contributed by atoms with Gasteiger partial charge in [0.15, 0.2) is 0 Å². The topological polar surface area (TPSA) is 104 Å². The Hall–Kier alpha value is -3.84. The number of anilines is 1. The van der Waals surface area contributed by atoms with E-state index in [1.54, 1.807) is 12.1 Å². The van der Waals surface area contributed by atoms with Crippen LogP contribution in [0.3, 0.4) is 0 Å². The van der Waals surface area contributed by atoms with E-state index in [4.69, 9.17) is 16.1 Å². The molecule has 5 aromatic rings. The summed E-state index contributed by atoms with van der Waals surface area (Å²) in [4.78, 5) is 31.7. The van der Waals surface area contributed by atoms with Gasteiger partial charge in [-0.3, -0.25) is 9.59 Å². The molecule has 0 saturated heterocycles. The van der Waals surface area contributed by atoms with Crippen molar-refractivity contribution in [2.24, 2.45) is 0 Å². The number of amides is 1. The first kappa shape index (κ1) is 17.3. The maximum Gasteiger partial charge on any atom is 0.294 e. The fourth-order valence-electron chi connectivity index (χ4n) is 3.42. The van der Waals surface area contributed by atoms with E-state index in [0.717, 1.165) is 16.5 Å². The highest BCUT2D eigenvalue weighted by Crippen LogP contribution is 2.36. The first-order valence-electron chi connectivity index (χ1n) is 8.76. The fourth-order valence-corrected chi connectivity index (χ4v) is 3.59. The predicted molar refractivity (Wildman–Crippen MR) is 111 cm³/mol. The highest BCUT2D eigenvalue weighted by Gasteiger charge is 2.21. The number of aromatic amines is 2. The van der Waals surface area contributed by atoms with Crippen molar-refractivity contribution >= 4 is 45.1 Å². The summed E-state index contributed by atoms with van der Waals surface area (Å²) in [6.45, 7) is 0. The minimum atomic E-state index is -0.566. The van der Waals surface area contributed by atoms with Crippen LogP contribution in [-0.2, 0) is 0 Å². The average molecular weight is 405 g/mol. The summed E-state index contributed by atoms with van der Waals surface area (Å²) in [5, 5.41) is 7.54. The number of carbonyl (C=O) groups excluding carboxylic acids is 1. The SMILES string of the molecule is O=C(Nc1c(-c2ccccc2)c2[nH]c3ccc(Cl)cc3c2[nH]c1=O)c1ccno1. The minimum Gasteiger partial charge on any atom is -0.353 e. The first-order valence-corrected chi connectivity index (χ1v) is 9.14. The Morgan fingerprint density at radius 3 is 2.62 bits per heavy atom. The second kappa shape index (κ2) is 6.65. The average Bonchev–Trinajstić information content (AvgIpc) is 3.37. The number of fused-ring (bicyclic) bond motifs is 3. The molecule has 142 valence electrons. The summed E-state index contributed by atoms with van der Waals surface area (Å²) in [5.74, 6) is -0.560. The van der Waals surface area contributed by atoms with Gasteiger partial charge < -0.3 is 19.8 Å². The van der Waals surface area contributed by atoms with Gasteiger partial charge in [-0.05, 0) is 23.8 Å². The number of rotatable bonds is 3. The maximum absolute atomic E-state index is 13.0. The summed E-state index contributed by atoms with van der Waals surface area (Å²) >= 11 is 6.15. The van der Waals surface area contributed by atoms with Gasteiger partial charge in [0.2, 0.25) is 5.76 Å². The van der Waals surface area contributed by atoms with Gasteiger partial charge in [-0.2, -0.15) is 0 Å². The lowest BCUT2D eigenvalue weighted by Crippen LogP contribution is -2.20. The monoisotopic (exact) mass is 404 g/mol. The van der Waals surface area contributed by atoms with E-state index < -0.39 is 11.5 Å². The highest BCUT2D eigenvalue weighted by atomic mass is 35.5. The van der Waals surface area contributed by atoms with Crippen LogP contribution in [0.1, 0.15) is 10.6 Å². The van der Waals surface area contributed by atoms with Crippen LogP contribution in [0.4, 0.5) is 5.69 Å². The summed E-state index contributed by atoms with van der Waals surface area (Å²) in [5.41, 5.74) is 3.13. The highest BCUT2D eigenvalue weighted by molar-refractivity contribution is 6.32. The second-order valence-corrected chi connectivity index (χ2v) is 6.90. The van der Waals surface area contributed by atoms with E-state index in [2.05, 4.69) is 20.4 Å².